The number of fused-ring (bicyclic) bond motifs is 1. The fourth-order valence-corrected chi connectivity index (χ4v) is 6.84. The van der Waals surface area contributed by atoms with Crippen molar-refractivity contribution in [3.05, 3.63) is 35.7 Å². The molecule has 2 aliphatic heterocycles. The minimum absolute atomic E-state index is 0.0561. The molecule has 4 heterocycles. The van der Waals surface area contributed by atoms with Crippen molar-refractivity contribution in [2.24, 2.45) is 0 Å². The average Bonchev–Trinajstić information content (AvgIpc) is 3.49. The summed E-state index contributed by atoms with van der Waals surface area (Å²) < 4.78 is 74.4. The number of anilines is 2. The number of carbonyl (C=O) groups is 1. The molecule has 0 radical (unpaired) electrons. The molecule has 42 heavy (non-hydrogen) atoms. The number of likely N-dealkylation sites (tertiary alicyclic amines) is 1. The number of sulfonamides is 1. The molecule has 3 aromatic rings. The molecule has 1 aromatic carbocycles. The van der Waals surface area contributed by atoms with Gasteiger partial charge in [-0.15, -0.1) is 0 Å². The number of halogens is 3. The van der Waals surface area contributed by atoms with Crippen LogP contribution in [-0.2, 0) is 20.9 Å². The van der Waals surface area contributed by atoms with Crippen molar-refractivity contribution < 1.29 is 31.1 Å². The zero-order chi connectivity index (χ0) is 30.4. The van der Waals surface area contributed by atoms with Gasteiger partial charge < -0.3 is 19.9 Å². The Kier molecular flexibility index (Phi) is 7.46. The largest absolute Gasteiger partial charge is 0.444 e. The number of carbonyl (C=O) groups excluding carboxylic acids is 1. The molecule has 224 valence electrons. The lowest BCUT2D eigenvalue weighted by Crippen LogP contribution is -2.47. The van der Waals surface area contributed by atoms with Crippen LogP contribution in [0.1, 0.15) is 51.2 Å². The zero-order valence-corrected chi connectivity index (χ0v) is 24.1. The third-order valence-corrected chi connectivity index (χ3v) is 8.89. The van der Waals surface area contributed by atoms with Crippen molar-refractivity contribution in [3.8, 4) is 17.3 Å². The summed E-state index contributed by atoms with van der Waals surface area (Å²) in [4.78, 5) is 25.2. The van der Waals surface area contributed by atoms with Gasteiger partial charge in [-0.2, -0.15) is 18.4 Å². The number of nitrogens with zero attached hydrogens (tertiary/aromatic N) is 5. The van der Waals surface area contributed by atoms with E-state index < -0.39 is 39.2 Å². The number of hydrogen-bond acceptors (Lipinski definition) is 8. The minimum atomic E-state index is -4.79. The van der Waals surface area contributed by atoms with E-state index in [9.17, 15) is 31.6 Å². The standard InChI is InChI=1S/C27H30F3N7O4S/c1-26(2,3)41-25(38)36-9-4-6-17(15-36)34-24-33-14-20(27(28,29)30)21(35-24)19-13-32-22-18(19)8-7-16(12-31)23(22)37-10-5-11-42(37,39)40/h7-8,13-14,17,32H,4-6,9-11,15H2,1-3H3,(H,33,34,35)/t17-/m0/s1. The molecule has 2 aliphatic rings. The average molecular weight is 606 g/mol. The normalized spacial score (nSPS) is 19.1. The summed E-state index contributed by atoms with van der Waals surface area (Å²) in [5.74, 6) is -0.146. The first kappa shape index (κ1) is 29.4. The van der Waals surface area contributed by atoms with Crippen LogP contribution >= 0.6 is 0 Å². The van der Waals surface area contributed by atoms with Crippen molar-refractivity contribution in [1.29, 1.82) is 5.26 Å². The molecule has 1 amide bonds. The van der Waals surface area contributed by atoms with Gasteiger partial charge in [0.2, 0.25) is 16.0 Å². The molecule has 0 saturated carbocycles. The Balaban J connectivity index is 1.52. The molecule has 15 heteroatoms. The van der Waals surface area contributed by atoms with Crippen LogP contribution in [-0.4, -0.2) is 71.4 Å². The van der Waals surface area contributed by atoms with Gasteiger partial charge in [0.1, 0.15) is 17.2 Å². The molecular formula is C27H30F3N7O4S. The molecule has 2 saturated heterocycles. The number of alkyl halides is 3. The van der Waals surface area contributed by atoms with Gasteiger partial charge in [-0.3, -0.25) is 4.31 Å². The fraction of sp³-hybridized carbons (Fsp3) is 0.481. The summed E-state index contributed by atoms with van der Waals surface area (Å²) in [6.45, 7) is 6.19. The summed E-state index contributed by atoms with van der Waals surface area (Å²) in [5.41, 5.74) is -1.69. The van der Waals surface area contributed by atoms with Crippen LogP contribution in [0.25, 0.3) is 22.2 Å². The van der Waals surface area contributed by atoms with Crippen LogP contribution in [0.4, 0.5) is 29.6 Å². The van der Waals surface area contributed by atoms with E-state index in [2.05, 4.69) is 20.3 Å². The zero-order valence-electron chi connectivity index (χ0n) is 23.2. The number of piperidine rings is 1. The van der Waals surface area contributed by atoms with Crippen LogP contribution in [0.5, 0.6) is 0 Å². The SMILES string of the molecule is CC(C)(C)OC(=O)N1CCC[C@H](Nc2ncc(C(F)(F)F)c(-c3c[nH]c4c(N5CCCS5(=O)=O)c(C#N)ccc34)n2)C1. The number of aromatic nitrogens is 3. The van der Waals surface area contributed by atoms with E-state index in [4.69, 9.17) is 4.74 Å². The Morgan fingerprint density at radius 2 is 1.98 bits per heavy atom. The van der Waals surface area contributed by atoms with Crippen LogP contribution in [0.15, 0.2) is 24.5 Å². The topological polar surface area (TPSA) is 144 Å². The number of benzene rings is 1. The van der Waals surface area contributed by atoms with E-state index in [1.54, 1.807) is 20.8 Å². The molecule has 0 spiro atoms. The molecule has 0 bridgehead atoms. The third kappa shape index (κ3) is 5.80. The number of amides is 1. The van der Waals surface area contributed by atoms with Crippen molar-refractivity contribution in [3.63, 3.8) is 0 Å². The highest BCUT2D eigenvalue weighted by Crippen LogP contribution is 2.42. The number of nitriles is 1. The summed E-state index contributed by atoms with van der Waals surface area (Å²) in [6, 6.07) is 4.52. The van der Waals surface area contributed by atoms with Gasteiger partial charge in [0.25, 0.3) is 0 Å². The molecule has 11 nitrogen and oxygen atoms in total. The summed E-state index contributed by atoms with van der Waals surface area (Å²) in [7, 11) is -3.69. The van der Waals surface area contributed by atoms with E-state index in [1.807, 2.05) is 6.07 Å². The summed E-state index contributed by atoms with van der Waals surface area (Å²) >= 11 is 0. The number of ether oxygens (including phenoxy) is 1. The predicted molar refractivity (Wildman–Crippen MR) is 149 cm³/mol. The van der Waals surface area contributed by atoms with E-state index >= 15 is 0 Å². The maximum Gasteiger partial charge on any atom is 0.419 e. The first-order valence-electron chi connectivity index (χ1n) is 13.4. The Hall–Kier alpha value is -4.06. The predicted octanol–water partition coefficient (Wildman–Crippen LogP) is 4.87. The quantitative estimate of drug-likeness (QED) is 0.429. The van der Waals surface area contributed by atoms with Gasteiger partial charge in [0.05, 0.1) is 28.2 Å². The number of aromatic amines is 1. The second kappa shape index (κ2) is 10.6. The van der Waals surface area contributed by atoms with Gasteiger partial charge in [0.15, 0.2) is 0 Å². The third-order valence-electron chi connectivity index (χ3n) is 7.05. The van der Waals surface area contributed by atoms with Gasteiger partial charge in [-0.25, -0.2) is 23.2 Å². The Bertz CT molecular complexity index is 1680. The summed E-state index contributed by atoms with van der Waals surface area (Å²) in [6.07, 6.45) is -1.59. The van der Waals surface area contributed by atoms with Crippen molar-refractivity contribution in [2.45, 2.75) is 57.9 Å². The first-order chi connectivity index (χ1) is 19.7. The van der Waals surface area contributed by atoms with Crippen LogP contribution in [0.2, 0.25) is 0 Å². The molecule has 1 atom stereocenters. The highest BCUT2D eigenvalue weighted by atomic mass is 32.2. The van der Waals surface area contributed by atoms with E-state index in [1.165, 1.54) is 23.2 Å². The Morgan fingerprint density at radius 3 is 2.62 bits per heavy atom. The van der Waals surface area contributed by atoms with Gasteiger partial charge in [0, 0.05) is 49.0 Å². The molecule has 0 aliphatic carbocycles. The fourth-order valence-electron chi connectivity index (χ4n) is 5.25. The number of nitrogens with one attached hydrogen (secondary N) is 2. The van der Waals surface area contributed by atoms with Crippen LogP contribution in [0, 0.1) is 11.3 Å². The molecule has 2 N–H and O–H groups in total. The monoisotopic (exact) mass is 605 g/mol. The molecule has 2 fully saturated rings. The highest BCUT2D eigenvalue weighted by Gasteiger charge is 2.38. The number of hydrogen-bond donors (Lipinski definition) is 2. The maximum atomic E-state index is 14.2. The van der Waals surface area contributed by atoms with Gasteiger partial charge in [-0.05, 0) is 46.1 Å². The van der Waals surface area contributed by atoms with E-state index in [0.29, 0.717) is 32.0 Å². The lowest BCUT2D eigenvalue weighted by atomic mass is 10.0. The maximum absolute atomic E-state index is 14.2. The molecule has 2 aromatic heterocycles. The second-order valence-corrected chi connectivity index (χ2v) is 13.3. The van der Waals surface area contributed by atoms with E-state index in [-0.39, 0.29) is 58.5 Å². The van der Waals surface area contributed by atoms with Crippen molar-refractivity contribution in [2.75, 3.05) is 35.0 Å². The van der Waals surface area contributed by atoms with Crippen molar-refractivity contribution >= 4 is 38.7 Å². The van der Waals surface area contributed by atoms with Gasteiger partial charge in [-0.1, -0.05) is 6.07 Å². The highest BCUT2D eigenvalue weighted by molar-refractivity contribution is 7.93. The lowest BCUT2D eigenvalue weighted by Gasteiger charge is -2.34. The lowest BCUT2D eigenvalue weighted by molar-refractivity contribution is -0.137. The molecule has 0 unspecified atom stereocenters. The Morgan fingerprint density at radius 1 is 1.21 bits per heavy atom. The molecule has 5 rings (SSSR count). The van der Waals surface area contributed by atoms with E-state index in [0.717, 1.165) is 4.31 Å². The smallest absolute Gasteiger partial charge is 0.419 e. The van der Waals surface area contributed by atoms with Gasteiger partial charge >= 0.3 is 12.3 Å². The summed E-state index contributed by atoms with van der Waals surface area (Å²) in [5, 5.41) is 13.0. The molecular weight excluding hydrogens is 575 g/mol. The number of H-pyrrole nitrogens is 1. The minimum Gasteiger partial charge on any atom is -0.444 e. The first-order valence-corrected chi connectivity index (χ1v) is 15.0. The second-order valence-electron chi connectivity index (χ2n) is 11.3. The van der Waals surface area contributed by atoms with Crippen molar-refractivity contribution in [1.82, 2.24) is 19.9 Å². The van der Waals surface area contributed by atoms with Crippen LogP contribution < -0.4 is 9.62 Å². The Labute approximate surface area is 240 Å². The number of rotatable bonds is 4. The van der Waals surface area contributed by atoms with Crippen LogP contribution in [0.3, 0.4) is 0 Å².